The van der Waals surface area contributed by atoms with Gasteiger partial charge in [-0.25, -0.2) is 4.79 Å². The summed E-state index contributed by atoms with van der Waals surface area (Å²) >= 11 is 0. The molecule has 0 atom stereocenters. The highest BCUT2D eigenvalue weighted by atomic mass is 16.5. The number of nitrogens with one attached hydrogen (secondary N) is 3. The lowest BCUT2D eigenvalue weighted by molar-refractivity contribution is -0.121. The minimum atomic E-state index is -0.220. The Kier molecular flexibility index (Phi) is 7.79. The standard InChI is InChI=1S/C27H35N5O4/c1-17-8-11-19(16-23(17)36-4)29-25(33)18-9-12-20(13-10-18)32-22-7-5-6-21(24(22)30-27(32)35)26(34)31(3)15-14-28-2/h5-8,11,16,18,20,28H,9-10,12-15H2,1-4H3,(H,29,33)(H,30,35)/t18-,20+. The van der Waals surface area contributed by atoms with Crippen molar-refractivity contribution in [2.45, 2.75) is 38.6 Å². The van der Waals surface area contributed by atoms with Gasteiger partial charge in [-0.05, 0) is 63.4 Å². The Hall–Kier alpha value is -3.59. The Labute approximate surface area is 210 Å². The highest BCUT2D eigenvalue weighted by molar-refractivity contribution is 6.04. The fourth-order valence-electron chi connectivity index (χ4n) is 5.01. The molecular weight excluding hydrogens is 458 g/mol. The molecule has 1 heterocycles. The van der Waals surface area contributed by atoms with E-state index in [1.807, 2.05) is 44.3 Å². The van der Waals surface area contributed by atoms with Gasteiger partial charge in [0.1, 0.15) is 5.75 Å². The van der Waals surface area contributed by atoms with E-state index >= 15 is 0 Å². The summed E-state index contributed by atoms with van der Waals surface area (Å²) in [5, 5.41) is 6.05. The number of anilines is 1. The lowest BCUT2D eigenvalue weighted by atomic mass is 9.85. The first kappa shape index (κ1) is 25.5. The first-order chi connectivity index (χ1) is 17.3. The van der Waals surface area contributed by atoms with Gasteiger partial charge < -0.3 is 25.3 Å². The molecule has 0 unspecified atom stereocenters. The van der Waals surface area contributed by atoms with Gasteiger partial charge in [0.25, 0.3) is 5.91 Å². The van der Waals surface area contributed by atoms with Crippen LogP contribution in [0.2, 0.25) is 0 Å². The number of H-pyrrole nitrogens is 1. The normalized spacial score (nSPS) is 17.7. The molecule has 9 heteroatoms. The van der Waals surface area contributed by atoms with E-state index < -0.39 is 0 Å². The molecule has 1 aliphatic rings. The molecule has 1 fully saturated rings. The smallest absolute Gasteiger partial charge is 0.326 e. The third-order valence-corrected chi connectivity index (χ3v) is 7.14. The second-order valence-electron chi connectivity index (χ2n) is 9.51. The van der Waals surface area contributed by atoms with Crippen molar-refractivity contribution in [2.24, 2.45) is 5.92 Å². The maximum Gasteiger partial charge on any atom is 0.326 e. The van der Waals surface area contributed by atoms with E-state index in [0.29, 0.717) is 55.5 Å². The number of aryl methyl sites for hydroxylation is 1. The maximum atomic E-state index is 13.0. The van der Waals surface area contributed by atoms with Crippen LogP contribution in [0.15, 0.2) is 41.2 Å². The van der Waals surface area contributed by atoms with Crippen LogP contribution in [0.4, 0.5) is 5.69 Å². The number of hydrogen-bond donors (Lipinski definition) is 3. The van der Waals surface area contributed by atoms with Gasteiger partial charge in [-0.1, -0.05) is 12.1 Å². The van der Waals surface area contributed by atoms with E-state index in [1.54, 1.807) is 29.7 Å². The van der Waals surface area contributed by atoms with Crippen LogP contribution in [0, 0.1) is 12.8 Å². The van der Waals surface area contributed by atoms with Crippen LogP contribution in [-0.2, 0) is 4.79 Å². The number of likely N-dealkylation sites (N-methyl/N-ethyl adjacent to an activating group) is 2. The van der Waals surface area contributed by atoms with Crippen molar-refractivity contribution < 1.29 is 14.3 Å². The van der Waals surface area contributed by atoms with Gasteiger partial charge in [0.2, 0.25) is 5.91 Å². The third-order valence-electron chi connectivity index (χ3n) is 7.14. The zero-order valence-electron chi connectivity index (χ0n) is 21.4. The summed E-state index contributed by atoms with van der Waals surface area (Å²) < 4.78 is 7.12. The largest absolute Gasteiger partial charge is 0.496 e. The molecule has 1 aliphatic carbocycles. The number of para-hydroxylation sites is 1. The number of rotatable bonds is 8. The van der Waals surface area contributed by atoms with Crippen molar-refractivity contribution >= 4 is 28.5 Å². The van der Waals surface area contributed by atoms with E-state index in [1.165, 1.54) is 0 Å². The molecule has 3 aromatic rings. The van der Waals surface area contributed by atoms with E-state index in [2.05, 4.69) is 15.6 Å². The number of carbonyl (C=O) groups is 2. The molecule has 1 saturated carbocycles. The van der Waals surface area contributed by atoms with Gasteiger partial charge in [-0.2, -0.15) is 0 Å². The molecule has 9 nitrogen and oxygen atoms in total. The zero-order valence-corrected chi connectivity index (χ0v) is 21.4. The molecule has 0 radical (unpaired) electrons. The van der Waals surface area contributed by atoms with Gasteiger partial charge in [0.05, 0.1) is 23.7 Å². The van der Waals surface area contributed by atoms with Crippen LogP contribution in [0.25, 0.3) is 11.0 Å². The molecule has 192 valence electrons. The summed E-state index contributed by atoms with van der Waals surface area (Å²) in [6, 6.07) is 11.1. The molecule has 2 amide bonds. The minimum absolute atomic E-state index is 0.0110. The van der Waals surface area contributed by atoms with Crippen molar-refractivity contribution in [1.29, 1.82) is 0 Å². The van der Waals surface area contributed by atoms with Gasteiger partial charge >= 0.3 is 5.69 Å². The number of benzene rings is 2. The van der Waals surface area contributed by atoms with Gasteiger partial charge in [0.15, 0.2) is 0 Å². The first-order valence-corrected chi connectivity index (χ1v) is 12.4. The SMILES string of the molecule is CNCCN(C)C(=O)c1cccc2c1[nH]c(=O)n2[C@H]1CC[C@@H](C(=O)Nc2ccc(C)c(OC)c2)CC1. The average Bonchev–Trinajstić information content (AvgIpc) is 3.23. The summed E-state index contributed by atoms with van der Waals surface area (Å²) in [4.78, 5) is 43.5. The van der Waals surface area contributed by atoms with Crippen molar-refractivity contribution in [3.63, 3.8) is 0 Å². The molecule has 3 N–H and O–H groups in total. The summed E-state index contributed by atoms with van der Waals surface area (Å²) in [5.74, 6) is 0.481. The van der Waals surface area contributed by atoms with Crippen LogP contribution in [-0.4, -0.2) is 60.6 Å². The maximum absolute atomic E-state index is 13.0. The Morgan fingerprint density at radius 3 is 2.61 bits per heavy atom. The second-order valence-corrected chi connectivity index (χ2v) is 9.51. The lowest BCUT2D eigenvalue weighted by Gasteiger charge is -2.28. The highest BCUT2D eigenvalue weighted by Crippen LogP contribution is 2.34. The minimum Gasteiger partial charge on any atom is -0.496 e. The lowest BCUT2D eigenvalue weighted by Crippen LogP contribution is -2.32. The molecule has 0 saturated heterocycles. The summed E-state index contributed by atoms with van der Waals surface area (Å²) in [6.07, 6.45) is 2.79. The zero-order chi connectivity index (χ0) is 25.8. The van der Waals surface area contributed by atoms with Crippen molar-refractivity contribution in [3.05, 3.63) is 58.0 Å². The third kappa shape index (κ3) is 5.16. The fourth-order valence-corrected chi connectivity index (χ4v) is 5.01. The predicted molar refractivity (Wildman–Crippen MR) is 141 cm³/mol. The number of methoxy groups -OCH3 is 1. The molecule has 0 spiro atoms. The number of hydrogen-bond acceptors (Lipinski definition) is 5. The quantitative estimate of drug-likeness (QED) is 0.446. The monoisotopic (exact) mass is 493 g/mol. The number of amides is 2. The molecular formula is C27H35N5O4. The van der Waals surface area contributed by atoms with Crippen molar-refractivity contribution in [2.75, 3.05) is 39.6 Å². The Bertz CT molecular complexity index is 1300. The summed E-state index contributed by atoms with van der Waals surface area (Å²) in [7, 11) is 5.21. The fraction of sp³-hybridized carbons (Fsp3) is 0.444. The number of carbonyl (C=O) groups excluding carboxylic acids is 2. The Morgan fingerprint density at radius 2 is 1.92 bits per heavy atom. The van der Waals surface area contributed by atoms with Crippen LogP contribution >= 0.6 is 0 Å². The topological polar surface area (TPSA) is 108 Å². The molecule has 2 aromatic carbocycles. The summed E-state index contributed by atoms with van der Waals surface area (Å²) in [6.45, 7) is 3.21. The Balaban J connectivity index is 1.47. The van der Waals surface area contributed by atoms with Crippen LogP contribution in [0.5, 0.6) is 5.75 Å². The second kappa shape index (κ2) is 11.0. The van der Waals surface area contributed by atoms with Gasteiger partial charge in [0, 0.05) is 43.9 Å². The number of imidazole rings is 1. The highest BCUT2D eigenvalue weighted by Gasteiger charge is 2.29. The molecule has 0 aliphatic heterocycles. The molecule has 4 rings (SSSR count). The van der Waals surface area contributed by atoms with Gasteiger partial charge in [-0.15, -0.1) is 0 Å². The number of aromatic nitrogens is 2. The van der Waals surface area contributed by atoms with Crippen LogP contribution in [0.3, 0.4) is 0 Å². The number of aromatic amines is 1. The van der Waals surface area contributed by atoms with Crippen LogP contribution in [0.1, 0.15) is 47.6 Å². The molecule has 36 heavy (non-hydrogen) atoms. The molecule has 0 bridgehead atoms. The van der Waals surface area contributed by atoms with Crippen molar-refractivity contribution in [1.82, 2.24) is 19.8 Å². The van der Waals surface area contributed by atoms with Crippen LogP contribution < -0.4 is 21.1 Å². The van der Waals surface area contributed by atoms with E-state index in [-0.39, 0.29) is 29.5 Å². The first-order valence-electron chi connectivity index (χ1n) is 12.4. The van der Waals surface area contributed by atoms with Gasteiger partial charge in [-0.3, -0.25) is 14.2 Å². The summed E-state index contributed by atoms with van der Waals surface area (Å²) in [5.41, 5.74) is 3.29. The molecule has 1 aromatic heterocycles. The van der Waals surface area contributed by atoms with E-state index in [4.69, 9.17) is 4.74 Å². The number of nitrogens with zero attached hydrogens (tertiary/aromatic N) is 2. The van der Waals surface area contributed by atoms with E-state index in [9.17, 15) is 14.4 Å². The average molecular weight is 494 g/mol. The Morgan fingerprint density at radius 1 is 1.17 bits per heavy atom. The predicted octanol–water partition coefficient (Wildman–Crippen LogP) is 3.31. The number of fused-ring (bicyclic) bond motifs is 1. The van der Waals surface area contributed by atoms with Crippen molar-refractivity contribution in [3.8, 4) is 5.75 Å². The van der Waals surface area contributed by atoms with E-state index in [0.717, 1.165) is 16.8 Å². The number of ether oxygens (including phenoxy) is 1.